The van der Waals surface area contributed by atoms with E-state index in [2.05, 4.69) is 62.4 Å². The molecule has 1 saturated carbocycles. The molecule has 0 radical (unpaired) electrons. The van der Waals surface area contributed by atoms with Gasteiger partial charge in [0, 0.05) is 0 Å². The van der Waals surface area contributed by atoms with Crippen LogP contribution in [-0.4, -0.2) is 12.3 Å². The van der Waals surface area contributed by atoms with Crippen LogP contribution in [0.15, 0.2) is 53.4 Å². The van der Waals surface area contributed by atoms with E-state index in [-0.39, 0.29) is 32.7 Å². The summed E-state index contributed by atoms with van der Waals surface area (Å²) in [5.41, 5.74) is 5.19. The second kappa shape index (κ2) is 16.2. The first-order valence-electron chi connectivity index (χ1n) is 13.5. The van der Waals surface area contributed by atoms with Gasteiger partial charge < -0.3 is 24.8 Å². The first kappa shape index (κ1) is 30.5. The van der Waals surface area contributed by atoms with Crippen molar-refractivity contribution in [2.45, 2.75) is 91.8 Å². The van der Waals surface area contributed by atoms with Crippen LogP contribution in [0.25, 0.3) is 6.08 Å². The number of fused-ring (bicyclic) bond motifs is 2. The van der Waals surface area contributed by atoms with Crippen LogP contribution in [0.3, 0.4) is 0 Å². The Morgan fingerprint density at radius 2 is 1.59 bits per heavy atom. The summed E-state index contributed by atoms with van der Waals surface area (Å²) in [5.74, 6) is 0.895. The molecule has 1 aromatic carbocycles. The number of allylic oxidation sites excluding steroid dienone is 5. The van der Waals surface area contributed by atoms with Crippen molar-refractivity contribution in [3.8, 4) is 0 Å². The summed E-state index contributed by atoms with van der Waals surface area (Å²) in [5, 5.41) is 1.95. The minimum atomic E-state index is -0.854. The second-order valence-corrected chi connectivity index (χ2v) is 18.3. The van der Waals surface area contributed by atoms with Gasteiger partial charge in [-0.2, -0.15) is 0 Å². The molecule has 0 aromatic heterocycles. The van der Waals surface area contributed by atoms with Gasteiger partial charge in [-0.15, -0.1) is 0 Å². The van der Waals surface area contributed by atoms with Crippen molar-refractivity contribution in [1.29, 1.82) is 0 Å². The van der Waals surface area contributed by atoms with E-state index in [0.717, 1.165) is 13.3 Å². The molecule has 0 N–H and O–H groups in total. The summed E-state index contributed by atoms with van der Waals surface area (Å²) in [7, 11) is 0.0562. The third kappa shape index (κ3) is 7.91. The molecule has 4 heteroatoms. The van der Waals surface area contributed by atoms with E-state index in [1.165, 1.54) is 83.0 Å². The van der Waals surface area contributed by atoms with E-state index in [4.69, 9.17) is 0 Å². The molecule has 3 aliphatic rings. The van der Waals surface area contributed by atoms with E-state index < -0.39 is 22.9 Å². The molecule has 3 aliphatic carbocycles. The van der Waals surface area contributed by atoms with Gasteiger partial charge in [-0.05, 0) is 0 Å². The minimum absolute atomic E-state index is 0. The molecule has 186 valence electrons. The molecule has 0 amide bonds. The van der Waals surface area contributed by atoms with Crippen molar-refractivity contribution in [3.05, 3.63) is 64.5 Å². The Morgan fingerprint density at radius 1 is 0.882 bits per heavy atom. The van der Waals surface area contributed by atoms with Crippen molar-refractivity contribution in [2.75, 3.05) is 12.3 Å². The van der Waals surface area contributed by atoms with Gasteiger partial charge in [0.15, 0.2) is 0 Å². The van der Waals surface area contributed by atoms with Gasteiger partial charge in [0.05, 0.1) is 0 Å². The third-order valence-electron chi connectivity index (χ3n) is 7.73. The van der Waals surface area contributed by atoms with Crippen LogP contribution in [0.2, 0.25) is 3.67 Å². The monoisotopic (exact) mass is 684 g/mol. The molecule has 34 heavy (non-hydrogen) atoms. The molecule has 0 saturated heterocycles. The molecular formula is C30H43Cl2HfP. The smallest absolute Gasteiger partial charge is 1.00 e. The molecule has 0 nitrogen and oxygen atoms in total. The van der Waals surface area contributed by atoms with Gasteiger partial charge in [0.25, 0.3) is 0 Å². The Balaban J connectivity index is 0.00000204. The topological polar surface area (TPSA) is 0 Å². The second-order valence-electron chi connectivity index (χ2n) is 10.1. The van der Waals surface area contributed by atoms with E-state index in [0.29, 0.717) is 0 Å². The van der Waals surface area contributed by atoms with Crippen LogP contribution in [0.4, 0.5) is 0 Å². The summed E-state index contributed by atoms with van der Waals surface area (Å²) < 4.78 is 1.88. The van der Waals surface area contributed by atoms with Crippen molar-refractivity contribution in [1.82, 2.24) is 0 Å². The molecular weight excluding hydrogens is 641 g/mol. The predicted molar refractivity (Wildman–Crippen MR) is 140 cm³/mol. The van der Waals surface area contributed by atoms with Gasteiger partial charge in [0.2, 0.25) is 0 Å². The van der Waals surface area contributed by atoms with Crippen LogP contribution in [-0.2, 0) is 22.9 Å². The van der Waals surface area contributed by atoms with E-state index in [1.807, 2.05) is 10.9 Å². The SMILES string of the molecule is CCCCCCP(CCCCCC)C1=Cc2ccccc2[CH]1[Hf+2][CH]1CCC2CC=CC=C21.[Cl-].[Cl-]. The maximum atomic E-state index is 2.71. The quantitative estimate of drug-likeness (QED) is 0.168. The number of benzene rings is 1. The Labute approximate surface area is 234 Å². The summed E-state index contributed by atoms with van der Waals surface area (Å²) in [6, 6.07) is 9.50. The molecule has 0 spiro atoms. The van der Waals surface area contributed by atoms with Crippen LogP contribution < -0.4 is 24.8 Å². The Kier molecular flexibility index (Phi) is 14.6. The fourth-order valence-electron chi connectivity index (χ4n) is 5.88. The predicted octanol–water partition coefficient (Wildman–Crippen LogP) is 3.90. The zero-order valence-electron chi connectivity index (χ0n) is 21.2. The van der Waals surface area contributed by atoms with Crippen molar-refractivity contribution < 1.29 is 47.7 Å². The summed E-state index contributed by atoms with van der Waals surface area (Å²) in [4.78, 5) is 0. The van der Waals surface area contributed by atoms with E-state index in [1.54, 1.807) is 11.1 Å². The molecule has 0 bridgehead atoms. The maximum absolute atomic E-state index is 2.71. The first-order valence-corrected chi connectivity index (χ1v) is 19.4. The van der Waals surface area contributed by atoms with Crippen LogP contribution in [0.5, 0.6) is 0 Å². The minimum Gasteiger partial charge on any atom is -1.00 e. The number of rotatable bonds is 13. The largest absolute Gasteiger partial charge is 1.00 e. The number of halogens is 2. The van der Waals surface area contributed by atoms with Crippen LogP contribution in [0.1, 0.15) is 99.3 Å². The maximum Gasteiger partial charge on any atom is -1.00 e. The zero-order chi connectivity index (χ0) is 22.2. The van der Waals surface area contributed by atoms with Crippen molar-refractivity contribution in [3.63, 3.8) is 0 Å². The van der Waals surface area contributed by atoms with Crippen molar-refractivity contribution in [2.24, 2.45) is 5.92 Å². The molecule has 1 fully saturated rings. The molecule has 0 heterocycles. The van der Waals surface area contributed by atoms with E-state index in [9.17, 15) is 0 Å². The van der Waals surface area contributed by atoms with Gasteiger partial charge in [-0.25, -0.2) is 0 Å². The van der Waals surface area contributed by atoms with Gasteiger partial charge in [-0.1, -0.05) is 0 Å². The number of unbranched alkanes of at least 4 members (excludes halogenated alkanes) is 6. The van der Waals surface area contributed by atoms with E-state index >= 15 is 0 Å². The fraction of sp³-hybridized carbons (Fsp3) is 0.600. The Morgan fingerprint density at radius 3 is 2.29 bits per heavy atom. The standard InChI is InChI=1S/C21H32P.C9H11.2ClH.Hf/c1-3-5-7-11-15-22(16-12-8-6-4-2)21-17-19-13-9-10-14-20(19)18-21;1-2-5-9-7-3-6-8(9)4-1;;;/h9-10,13-14,17-18H,3-8,11-12,15-16H2,1-2H3;1-2,4,6,9H,3,5,7H2;2*1H;/q;;;;+2/p-2. The number of hydrogen-bond acceptors (Lipinski definition) is 0. The molecule has 3 atom stereocenters. The van der Waals surface area contributed by atoms with Gasteiger partial charge in [0.1, 0.15) is 0 Å². The summed E-state index contributed by atoms with van der Waals surface area (Å²) in [6.45, 7) is 4.69. The number of hydrogen-bond donors (Lipinski definition) is 0. The average molecular weight is 684 g/mol. The first-order chi connectivity index (χ1) is 15.8. The van der Waals surface area contributed by atoms with Crippen LogP contribution in [0, 0.1) is 5.92 Å². The summed E-state index contributed by atoms with van der Waals surface area (Å²) in [6.07, 6.45) is 28.7. The molecule has 4 rings (SSSR count). The average Bonchev–Trinajstić information content (AvgIpc) is 3.40. The van der Waals surface area contributed by atoms with Crippen LogP contribution >= 0.6 is 7.92 Å². The molecule has 0 aliphatic heterocycles. The third-order valence-corrected chi connectivity index (χ3v) is 18.5. The molecule has 3 unspecified atom stereocenters. The summed E-state index contributed by atoms with van der Waals surface area (Å²) >= 11 is -0.854. The normalized spacial score (nSPS) is 22.3. The van der Waals surface area contributed by atoms with Crippen molar-refractivity contribution >= 4 is 14.0 Å². The van der Waals surface area contributed by atoms with Gasteiger partial charge in [-0.3, -0.25) is 0 Å². The Bertz CT molecular complexity index is 819. The van der Waals surface area contributed by atoms with Gasteiger partial charge >= 0.3 is 211 Å². The zero-order valence-corrected chi connectivity index (χ0v) is 27.2. The fourth-order valence-corrected chi connectivity index (χ4v) is 18.3. The molecule has 1 aromatic rings. The Hall–Kier alpha value is 0.320.